The van der Waals surface area contributed by atoms with Crippen molar-refractivity contribution in [1.82, 2.24) is 9.97 Å². The zero-order valence-electron chi connectivity index (χ0n) is 7.02. The van der Waals surface area contributed by atoms with Gasteiger partial charge in [-0.1, -0.05) is 11.6 Å². The molecule has 2 rings (SSSR count). The number of aliphatic hydroxyl groups is 1. The molecule has 1 fully saturated rings. The highest BCUT2D eigenvalue weighted by molar-refractivity contribution is 6.29. The minimum atomic E-state index is -0.261. The van der Waals surface area contributed by atoms with Crippen LogP contribution in [-0.4, -0.2) is 34.3 Å². The molecule has 0 amide bonds. The molecule has 0 saturated carbocycles. The van der Waals surface area contributed by atoms with Crippen LogP contribution in [0.1, 0.15) is 6.42 Å². The lowest BCUT2D eigenvalue weighted by Crippen LogP contribution is -2.23. The maximum atomic E-state index is 9.30. The summed E-state index contributed by atoms with van der Waals surface area (Å²) in [7, 11) is 0. The number of hydrogen-bond acceptors (Lipinski definition) is 4. The van der Waals surface area contributed by atoms with Crippen molar-refractivity contribution in [2.24, 2.45) is 0 Å². The Morgan fingerprint density at radius 3 is 3.08 bits per heavy atom. The second-order valence-corrected chi connectivity index (χ2v) is 3.46. The van der Waals surface area contributed by atoms with Crippen LogP contribution in [-0.2, 0) is 0 Å². The molecule has 1 saturated heterocycles. The van der Waals surface area contributed by atoms with Gasteiger partial charge in [0.25, 0.3) is 0 Å². The maximum Gasteiger partial charge on any atom is 0.226 e. The molecule has 5 heteroatoms. The van der Waals surface area contributed by atoms with Crippen molar-refractivity contribution in [3.8, 4) is 0 Å². The van der Waals surface area contributed by atoms with Crippen LogP contribution in [0.4, 0.5) is 5.95 Å². The topological polar surface area (TPSA) is 49.2 Å². The first-order chi connectivity index (χ1) is 6.25. The van der Waals surface area contributed by atoms with E-state index >= 15 is 0 Å². The van der Waals surface area contributed by atoms with E-state index < -0.39 is 0 Å². The lowest BCUT2D eigenvalue weighted by molar-refractivity contribution is 0.198. The first kappa shape index (κ1) is 8.72. The molecule has 0 radical (unpaired) electrons. The molecule has 0 spiro atoms. The second kappa shape index (κ2) is 3.47. The SMILES string of the molecule is O[C@@H]1CCN(c2nccc(Cl)n2)C1. The second-order valence-electron chi connectivity index (χ2n) is 3.07. The Kier molecular flexibility index (Phi) is 2.33. The van der Waals surface area contributed by atoms with E-state index in [9.17, 15) is 5.11 Å². The molecule has 0 aromatic carbocycles. The van der Waals surface area contributed by atoms with Crippen molar-refractivity contribution in [1.29, 1.82) is 0 Å². The lowest BCUT2D eigenvalue weighted by atomic mass is 10.3. The molecule has 13 heavy (non-hydrogen) atoms. The van der Waals surface area contributed by atoms with Gasteiger partial charge >= 0.3 is 0 Å². The van der Waals surface area contributed by atoms with E-state index in [1.54, 1.807) is 12.3 Å². The summed E-state index contributed by atoms with van der Waals surface area (Å²) in [6.07, 6.45) is 2.13. The standard InChI is InChI=1S/C8H10ClN3O/c9-7-1-3-10-8(11-7)12-4-2-6(13)5-12/h1,3,6,13H,2,4-5H2/t6-/m1/s1. The zero-order valence-corrected chi connectivity index (χ0v) is 7.78. The van der Waals surface area contributed by atoms with E-state index in [-0.39, 0.29) is 6.10 Å². The van der Waals surface area contributed by atoms with Crippen molar-refractivity contribution in [3.05, 3.63) is 17.4 Å². The van der Waals surface area contributed by atoms with Crippen molar-refractivity contribution in [2.45, 2.75) is 12.5 Å². The minimum absolute atomic E-state index is 0.261. The molecule has 1 aromatic rings. The van der Waals surface area contributed by atoms with Gasteiger partial charge in [0.05, 0.1) is 6.10 Å². The molecule has 0 bridgehead atoms. The fraction of sp³-hybridized carbons (Fsp3) is 0.500. The highest BCUT2D eigenvalue weighted by atomic mass is 35.5. The predicted octanol–water partition coefficient (Wildman–Crippen LogP) is 0.701. The molecular weight excluding hydrogens is 190 g/mol. The first-order valence-electron chi connectivity index (χ1n) is 4.17. The van der Waals surface area contributed by atoms with Crippen LogP contribution in [0, 0.1) is 0 Å². The summed E-state index contributed by atoms with van der Waals surface area (Å²) in [5, 5.41) is 9.74. The van der Waals surface area contributed by atoms with Gasteiger partial charge in [-0.05, 0) is 12.5 Å². The van der Waals surface area contributed by atoms with Crippen LogP contribution >= 0.6 is 11.6 Å². The van der Waals surface area contributed by atoms with Crippen LogP contribution in [0.3, 0.4) is 0 Å². The summed E-state index contributed by atoms with van der Waals surface area (Å²) in [5.41, 5.74) is 0. The lowest BCUT2D eigenvalue weighted by Gasteiger charge is -2.14. The maximum absolute atomic E-state index is 9.30. The summed E-state index contributed by atoms with van der Waals surface area (Å²) in [6, 6.07) is 1.64. The number of aromatic nitrogens is 2. The van der Waals surface area contributed by atoms with E-state index in [1.165, 1.54) is 0 Å². The van der Waals surface area contributed by atoms with Gasteiger partial charge in [0.15, 0.2) is 0 Å². The van der Waals surface area contributed by atoms with E-state index in [4.69, 9.17) is 11.6 Å². The fourth-order valence-electron chi connectivity index (χ4n) is 1.40. The highest BCUT2D eigenvalue weighted by Crippen LogP contribution is 2.16. The Bertz CT molecular complexity index is 307. The Labute approximate surface area is 81.2 Å². The Balaban J connectivity index is 2.16. The number of rotatable bonds is 1. The molecule has 4 nitrogen and oxygen atoms in total. The van der Waals surface area contributed by atoms with Crippen molar-refractivity contribution < 1.29 is 5.11 Å². The predicted molar refractivity (Wildman–Crippen MR) is 49.9 cm³/mol. The van der Waals surface area contributed by atoms with Gasteiger partial charge < -0.3 is 10.0 Å². The smallest absolute Gasteiger partial charge is 0.226 e. The number of β-amino-alcohol motifs (C(OH)–C–C–N with tert-alkyl or cyclic N) is 1. The largest absolute Gasteiger partial charge is 0.391 e. The monoisotopic (exact) mass is 199 g/mol. The van der Waals surface area contributed by atoms with Crippen molar-refractivity contribution in [3.63, 3.8) is 0 Å². The van der Waals surface area contributed by atoms with Gasteiger partial charge in [-0.3, -0.25) is 0 Å². The average molecular weight is 200 g/mol. The van der Waals surface area contributed by atoms with Gasteiger partial charge in [0.2, 0.25) is 5.95 Å². The van der Waals surface area contributed by atoms with Crippen LogP contribution in [0.25, 0.3) is 0 Å². The Morgan fingerprint density at radius 2 is 2.46 bits per heavy atom. The van der Waals surface area contributed by atoms with Gasteiger partial charge in [0, 0.05) is 19.3 Å². The van der Waals surface area contributed by atoms with Gasteiger partial charge in [-0.25, -0.2) is 9.97 Å². The molecule has 0 aliphatic carbocycles. The third-order valence-corrected chi connectivity index (χ3v) is 2.27. The third-order valence-electron chi connectivity index (χ3n) is 2.06. The molecule has 2 heterocycles. The van der Waals surface area contributed by atoms with Crippen molar-refractivity contribution in [2.75, 3.05) is 18.0 Å². The fourth-order valence-corrected chi connectivity index (χ4v) is 1.53. The van der Waals surface area contributed by atoms with E-state index in [1.807, 2.05) is 4.90 Å². The summed E-state index contributed by atoms with van der Waals surface area (Å²) in [5.74, 6) is 0.601. The molecular formula is C8H10ClN3O. The molecule has 70 valence electrons. The first-order valence-corrected chi connectivity index (χ1v) is 4.55. The molecule has 1 N–H and O–H groups in total. The van der Waals surface area contributed by atoms with Crippen LogP contribution in [0.2, 0.25) is 5.15 Å². The third kappa shape index (κ3) is 1.89. The normalized spacial score (nSPS) is 22.3. The van der Waals surface area contributed by atoms with Crippen molar-refractivity contribution >= 4 is 17.5 Å². The van der Waals surface area contributed by atoms with E-state index in [0.717, 1.165) is 13.0 Å². The summed E-state index contributed by atoms with van der Waals surface area (Å²) in [6.45, 7) is 1.39. The number of nitrogens with zero attached hydrogens (tertiary/aromatic N) is 3. The highest BCUT2D eigenvalue weighted by Gasteiger charge is 2.22. The molecule has 1 aliphatic heterocycles. The molecule has 1 aliphatic rings. The Hall–Kier alpha value is -0.870. The Morgan fingerprint density at radius 1 is 1.62 bits per heavy atom. The van der Waals surface area contributed by atoms with Gasteiger partial charge in [0.1, 0.15) is 5.15 Å². The number of halogens is 1. The minimum Gasteiger partial charge on any atom is -0.391 e. The van der Waals surface area contributed by atoms with Crippen LogP contribution in [0.5, 0.6) is 0 Å². The van der Waals surface area contributed by atoms with E-state index in [2.05, 4.69) is 9.97 Å². The molecule has 0 unspecified atom stereocenters. The summed E-state index contributed by atoms with van der Waals surface area (Å²) in [4.78, 5) is 10.1. The van der Waals surface area contributed by atoms with Crippen LogP contribution < -0.4 is 4.90 Å². The molecule has 1 aromatic heterocycles. The van der Waals surface area contributed by atoms with Gasteiger partial charge in [-0.15, -0.1) is 0 Å². The van der Waals surface area contributed by atoms with E-state index in [0.29, 0.717) is 17.6 Å². The molecule has 1 atom stereocenters. The quantitative estimate of drug-likeness (QED) is 0.677. The summed E-state index contributed by atoms with van der Waals surface area (Å²) < 4.78 is 0. The van der Waals surface area contributed by atoms with Crippen LogP contribution in [0.15, 0.2) is 12.3 Å². The zero-order chi connectivity index (χ0) is 9.26. The number of anilines is 1. The number of aliphatic hydroxyl groups excluding tert-OH is 1. The average Bonchev–Trinajstić information content (AvgIpc) is 2.52. The number of hydrogen-bond donors (Lipinski definition) is 1. The summed E-state index contributed by atoms with van der Waals surface area (Å²) >= 11 is 5.72. The van der Waals surface area contributed by atoms with Gasteiger partial charge in [-0.2, -0.15) is 0 Å².